The number of fused-ring (bicyclic) bond motifs is 1. The molecule has 2 aromatic rings. The van der Waals surface area contributed by atoms with Crippen LogP contribution >= 0.6 is 0 Å². The maximum Gasteiger partial charge on any atom is 0.260 e. The highest BCUT2D eigenvalue weighted by Gasteiger charge is 2.25. The fraction of sp³-hybridized carbons (Fsp3) is 0.364. The second-order valence-electron chi connectivity index (χ2n) is 7.04. The van der Waals surface area contributed by atoms with E-state index in [1.807, 2.05) is 24.3 Å². The Bertz CT molecular complexity index is 849. The van der Waals surface area contributed by atoms with Crippen molar-refractivity contribution in [1.29, 1.82) is 0 Å². The molecule has 0 spiro atoms. The predicted octanol–water partition coefficient (Wildman–Crippen LogP) is 4.53. The quantitative estimate of drug-likeness (QED) is 0.722. The third kappa shape index (κ3) is 4.38. The molecule has 1 aliphatic rings. The third-order valence-corrected chi connectivity index (χ3v) is 5.05. The monoisotopic (exact) mass is 386 g/mol. The topological polar surface area (TPSA) is 40.6 Å². The van der Waals surface area contributed by atoms with Gasteiger partial charge < -0.3 is 9.80 Å². The minimum absolute atomic E-state index is 0.0651. The average molecular weight is 386 g/mol. The van der Waals surface area contributed by atoms with Gasteiger partial charge in [-0.1, -0.05) is 37.1 Å². The summed E-state index contributed by atoms with van der Waals surface area (Å²) in [5.41, 5.74) is 0.992. The molecule has 28 heavy (non-hydrogen) atoms. The number of anilines is 1. The zero-order chi connectivity index (χ0) is 20.1. The van der Waals surface area contributed by atoms with Gasteiger partial charge in [0.15, 0.2) is 0 Å². The summed E-state index contributed by atoms with van der Waals surface area (Å²) in [5.74, 6) is -2.46. The molecule has 0 aromatic heterocycles. The number of rotatable bonds is 1. The SMILES string of the molecule is CC(=O)N1CCCCCCN(C(=O)c2c(F)cccc2F)Cc2ccccc21. The van der Waals surface area contributed by atoms with Crippen molar-refractivity contribution in [2.24, 2.45) is 0 Å². The summed E-state index contributed by atoms with van der Waals surface area (Å²) in [6.07, 6.45) is 3.40. The Hall–Kier alpha value is -2.76. The van der Waals surface area contributed by atoms with E-state index >= 15 is 0 Å². The van der Waals surface area contributed by atoms with Gasteiger partial charge in [-0.3, -0.25) is 9.59 Å². The van der Waals surface area contributed by atoms with Crippen molar-refractivity contribution in [3.63, 3.8) is 0 Å². The summed E-state index contributed by atoms with van der Waals surface area (Å²) in [7, 11) is 0. The van der Waals surface area contributed by atoms with Crippen molar-refractivity contribution in [2.75, 3.05) is 18.0 Å². The highest BCUT2D eigenvalue weighted by atomic mass is 19.1. The summed E-state index contributed by atoms with van der Waals surface area (Å²) >= 11 is 0. The number of hydrogen-bond acceptors (Lipinski definition) is 2. The van der Waals surface area contributed by atoms with Crippen molar-refractivity contribution in [3.05, 3.63) is 65.2 Å². The molecule has 0 atom stereocenters. The van der Waals surface area contributed by atoms with Crippen LogP contribution in [0.25, 0.3) is 0 Å². The van der Waals surface area contributed by atoms with E-state index in [2.05, 4.69) is 0 Å². The normalized spacial score (nSPS) is 15.5. The Labute approximate surface area is 163 Å². The van der Waals surface area contributed by atoms with E-state index in [4.69, 9.17) is 0 Å². The van der Waals surface area contributed by atoms with Gasteiger partial charge in [-0.05, 0) is 36.6 Å². The summed E-state index contributed by atoms with van der Waals surface area (Å²) in [6.45, 7) is 2.73. The molecule has 2 aromatic carbocycles. The number of benzene rings is 2. The van der Waals surface area contributed by atoms with Crippen molar-refractivity contribution >= 4 is 17.5 Å². The Morgan fingerprint density at radius 2 is 1.50 bits per heavy atom. The van der Waals surface area contributed by atoms with Gasteiger partial charge in [0.05, 0.1) is 0 Å². The lowest BCUT2D eigenvalue weighted by Gasteiger charge is -2.27. The van der Waals surface area contributed by atoms with Crippen molar-refractivity contribution in [3.8, 4) is 0 Å². The summed E-state index contributed by atoms with van der Waals surface area (Å²) in [4.78, 5) is 28.4. The van der Waals surface area contributed by atoms with Gasteiger partial charge in [0.25, 0.3) is 5.91 Å². The molecule has 3 rings (SSSR count). The van der Waals surface area contributed by atoms with Gasteiger partial charge >= 0.3 is 0 Å². The molecule has 0 N–H and O–H groups in total. The van der Waals surface area contributed by atoms with E-state index < -0.39 is 23.1 Å². The van der Waals surface area contributed by atoms with Gasteiger partial charge in [-0.15, -0.1) is 0 Å². The molecule has 1 heterocycles. The Kier molecular flexibility index (Phi) is 6.39. The van der Waals surface area contributed by atoms with Crippen molar-refractivity contribution < 1.29 is 18.4 Å². The number of para-hydroxylation sites is 1. The lowest BCUT2D eigenvalue weighted by Crippen LogP contribution is -2.34. The predicted molar refractivity (Wildman–Crippen MR) is 104 cm³/mol. The first kappa shape index (κ1) is 20.0. The van der Waals surface area contributed by atoms with Crippen molar-refractivity contribution in [1.82, 2.24) is 4.90 Å². The van der Waals surface area contributed by atoms with Gasteiger partial charge in [0, 0.05) is 32.2 Å². The zero-order valence-corrected chi connectivity index (χ0v) is 16.0. The zero-order valence-electron chi connectivity index (χ0n) is 16.0. The van der Waals surface area contributed by atoms with Crippen LogP contribution in [0.2, 0.25) is 0 Å². The first-order chi connectivity index (χ1) is 13.5. The Morgan fingerprint density at radius 3 is 2.18 bits per heavy atom. The molecule has 1 aliphatic heterocycles. The smallest absolute Gasteiger partial charge is 0.260 e. The molecule has 0 fully saturated rings. The maximum absolute atomic E-state index is 14.2. The van der Waals surface area contributed by atoms with E-state index in [1.165, 1.54) is 17.9 Å². The largest absolute Gasteiger partial charge is 0.334 e. The highest BCUT2D eigenvalue weighted by molar-refractivity contribution is 5.95. The summed E-state index contributed by atoms with van der Waals surface area (Å²) < 4.78 is 28.3. The lowest BCUT2D eigenvalue weighted by atomic mass is 10.1. The number of hydrogen-bond donors (Lipinski definition) is 0. The lowest BCUT2D eigenvalue weighted by molar-refractivity contribution is -0.116. The van der Waals surface area contributed by atoms with Crippen LogP contribution in [0.1, 0.15) is 48.5 Å². The summed E-state index contributed by atoms with van der Waals surface area (Å²) in [5, 5.41) is 0. The molecular weight excluding hydrogens is 362 g/mol. The molecule has 0 saturated heterocycles. The van der Waals surface area contributed by atoms with Gasteiger partial charge in [0.1, 0.15) is 17.2 Å². The molecule has 0 radical (unpaired) electrons. The van der Waals surface area contributed by atoms with Crippen LogP contribution in [0.4, 0.5) is 14.5 Å². The number of halogens is 2. The first-order valence-electron chi connectivity index (χ1n) is 9.58. The first-order valence-corrected chi connectivity index (χ1v) is 9.58. The molecule has 0 unspecified atom stereocenters. The van der Waals surface area contributed by atoms with Crippen LogP contribution in [0.3, 0.4) is 0 Å². The molecule has 0 aliphatic carbocycles. The fourth-order valence-corrected chi connectivity index (χ4v) is 3.60. The third-order valence-electron chi connectivity index (χ3n) is 5.05. The highest BCUT2D eigenvalue weighted by Crippen LogP contribution is 2.26. The second kappa shape index (κ2) is 8.95. The van der Waals surface area contributed by atoms with Crippen LogP contribution < -0.4 is 4.90 Å². The minimum atomic E-state index is -0.863. The van der Waals surface area contributed by atoms with Gasteiger partial charge in [0.2, 0.25) is 5.91 Å². The number of nitrogens with zero attached hydrogens (tertiary/aromatic N) is 2. The molecule has 4 nitrogen and oxygen atoms in total. The van der Waals surface area contributed by atoms with E-state index in [0.717, 1.165) is 49.1 Å². The van der Waals surface area contributed by atoms with Crippen LogP contribution in [0.5, 0.6) is 0 Å². The number of carbonyl (C=O) groups is 2. The molecule has 6 heteroatoms. The van der Waals surface area contributed by atoms with Gasteiger partial charge in [-0.25, -0.2) is 8.78 Å². The molecular formula is C22H24F2N2O2. The minimum Gasteiger partial charge on any atom is -0.334 e. The molecule has 0 bridgehead atoms. The molecule has 0 saturated carbocycles. The van der Waals surface area contributed by atoms with E-state index in [9.17, 15) is 18.4 Å². The second-order valence-corrected chi connectivity index (χ2v) is 7.04. The van der Waals surface area contributed by atoms with Crippen LogP contribution in [0.15, 0.2) is 42.5 Å². The number of amides is 2. The summed E-state index contributed by atoms with van der Waals surface area (Å²) in [6, 6.07) is 10.8. The maximum atomic E-state index is 14.2. The van der Waals surface area contributed by atoms with Crippen LogP contribution in [-0.4, -0.2) is 29.8 Å². The van der Waals surface area contributed by atoms with Gasteiger partial charge in [-0.2, -0.15) is 0 Å². The molecule has 148 valence electrons. The average Bonchev–Trinajstić information content (AvgIpc) is 2.70. The van der Waals surface area contributed by atoms with E-state index in [1.54, 1.807) is 4.90 Å². The van der Waals surface area contributed by atoms with Crippen LogP contribution in [-0.2, 0) is 11.3 Å². The van der Waals surface area contributed by atoms with Crippen LogP contribution in [0, 0.1) is 11.6 Å². The molecule has 2 amide bonds. The Balaban J connectivity index is 1.99. The fourth-order valence-electron chi connectivity index (χ4n) is 3.60. The number of carbonyl (C=O) groups excluding carboxylic acids is 2. The van der Waals surface area contributed by atoms with E-state index in [-0.39, 0.29) is 12.5 Å². The Morgan fingerprint density at radius 1 is 0.857 bits per heavy atom. The standard InChI is InChI=1S/C22H24F2N2O2/c1-16(27)26-14-7-3-2-6-13-25(15-17-9-4-5-12-20(17)26)22(28)21-18(23)10-8-11-19(21)24/h4-5,8-12H,2-3,6-7,13-15H2,1H3. The van der Waals surface area contributed by atoms with E-state index in [0.29, 0.717) is 13.1 Å². The van der Waals surface area contributed by atoms with Crippen molar-refractivity contribution in [2.45, 2.75) is 39.2 Å².